The maximum atomic E-state index is 13.3. The molecule has 0 aliphatic carbocycles. The van der Waals surface area contributed by atoms with E-state index >= 15 is 0 Å². The topological polar surface area (TPSA) is 84.5 Å². The van der Waals surface area contributed by atoms with Crippen LogP contribution in [0.3, 0.4) is 0 Å². The molecule has 0 aliphatic heterocycles. The van der Waals surface area contributed by atoms with E-state index in [9.17, 15) is 13.2 Å². The van der Waals surface area contributed by atoms with Crippen LogP contribution in [0.4, 0.5) is 11.4 Å². The Balaban J connectivity index is 1.88. The number of benzene rings is 3. The van der Waals surface area contributed by atoms with Gasteiger partial charge < -0.3 is 15.4 Å². The lowest BCUT2D eigenvalue weighted by Gasteiger charge is -2.16. The number of amides is 1. The molecule has 3 aromatic rings. The van der Waals surface area contributed by atoms with Crippen molar-refractivity contribution < 1.29 is 17.9 Å². The number of nitrogens with one attached hydrogen (secondary N) is 2. The summed E-state index contributed by atoms with van der Waals surface area (Å²) in [5, 5.41) is 5.70. The highest BCUT2D eigenvalue weighted by atomic mass is 79.9. The van der Waals surface area contributed by atoms with E-state index in [0.29, 0.717) is 5.69 Å². The Morgan fingerprint density at radius 1 is 0.967 bits per heavy atom. The standard InChI is InChI=1S/C22H21BrN2O4S/c1-15-10-12-16(13-11-15)30(27,28)22-19(8-5-9-20(22)29-2)24-14-21(26)25-18-7-4-3-6-17(18)23/h3-13,24H,14H2,1-2H3,(H,25,26). The van der Waals surface area contributed by atoms with Crippen molar-refractivity contribution in [1.29, 1.82) is 0 Å². The van der Waals surface area contributed by atoms with Gasteiger partial charge >= 0.3 is 0 Å². The normalized spacial score (nSPS) is 11.0. The van der Waals surface area contributed by atoms with Crippen LogP contribution >= 0.6 is 15.9 Å². The van der Waals surface area contributed by atoms with Crippen LogP contribution < -0.4 is 15.4 Å². The van der Waals surface area contributed by atoms with E-state index in [2.05, 4.69) is 26.6 Å². The zero-order valence-corrected chi connectivity index (χ0v) is 18.9. The van der Waals surface area contributed by atoms with Gasteiger partial charge in [-0.15, -0.1) is 0 Å². The van der Waals surface area contributed by atoms with Gasteiger partial charge in [-0.2, -0.15) is 0 Å². The molecule has 0 unspecified atom stereocenters. The minimum Gasteiger partial charge on any atom is -0.495 e. The Labute approximate surface area is 184 Å². The van der Waals surface area contributed by atoms with Crippen LogP contribution in [-0.4, -0.2) is 28.0 Å². The molecule has 0 aromatic heterocycles. The fraction of sp³-hybridized carbons (Fsp3) is 0.136. The molecule has 30 heavy (non-hydrogen) atoms. The smallest absolute Gasteiger partial charge is 0.243 e. The Morgan fingerprint density at radius 3 is 2.30 bits per heavy atom. The minimum absolute atomic E-state index is 0.00922. The molecule has 0 radical (unpaired) electrons. The maximum absolute atomic E-state index is 13.3. The zero-order chi connectivity index (χ0) is 21.7. The Hall–Kier alpha value is -2.84. The number of anilines is 2. The van der Waals surface area contributed by atoms with Crippen LogP contribution in [-0.2, 0) is 14.6 Å². The van der Waals surface area contributed by atoms with E-state index in [1.54, 1.807) is 48.5 Å². The monoisotopic (exact) mass is 488 g/mol. The van der Waals surface area contributed by atoms with Crippen molar-refractivity contribution in [2.75, 3.05) is 24.3 Å². The number of methoxy groups -OCH3 is 1. The van der Waals surface area contributed by atoms with E-state index in [1.165, 1.54) is 7.11 Å². The number of sulfone groups is 1. The Kier molecular flexibility index (Phi) is 6.79. The average molecular weight is 489 g/mol. The second-order valence-electron chi connectivity index (χ2n) is 6.54. The zero-order valence-electron chi connectivity index (χ0n) is 16.5. The van der Waals surface area contributed by atoms with Crippen molar-refractivity contribution in [3.05, 3.63) is 76.8 Å². The van der Waals surface area contributed by atoms with Crippen LogP contribution in [0.5, 0.6) is 5.75 Å². The van der Waals surface area contributed by atoms with Gasteiger partial charge in [0.25, 0.3) is 0 Å². The Bertz CT molecular complexity index is 1160. The van der Waals surface area contributed by atoms with Crippen molar-refractivity contribution in [1.82, 2.24) is 0 Å². The molecule has 3 aromatic carbocycles. The number of hydrogen-bond acceptors (Lipinski definition) is 5. The first-order chi connectivity index (χ1) is 14.3. The summed E-state index contributed by atoms with van der Waals surface area (Å²) in [5.41, 5.74) is 1.87. The summed E-state index contributed by atoms with van der Waals surface area (Å²) in [6.07, 6.45) is 0. The number of hydrogen-bond donors (Lipinski definition) is 2. The molecule has 0 saturated carbocycles. The van der Waals surface area contributed by atoms with Crippen LogP contribution in [0.2, 0.25) is 0 Å². The Morgan fingerprint density at radius 2 is 1.63 bits per heavy atom. The van der Waals surface area contributed by atoms with Gasteiger partial charge in [0.1, 0.15) is 10.6 Å². The van der Waals surface area contributed by atoms with E-state index in [0.717, 1.165) is 10.0 Å². The van der Waals surface area contributed by atoms with Crippen LogP contribution in [0.25, 0.3) is 0 Å². The highest BCUT2D eigenvalue weighted by Gasteiger charge is 2.26. The summed E-state index contributed by atoms with van der Waals surface area (Å²) in [5.74, 6) is -0.116. The summed E-state index contributed by atoms with van der Waals surface area (Å²) >= 11 is 3.38. The summed E-state index contributed by atoms with van der Waals surface area (Å²) in [6.45, 7) is 1.76. The molecule has 0 aliphatic rings. The number of rotatable bonds is 7. The number of carbonyl (C=O) groups is 1. The first-order valence-electron chi connectivity index (χ1n) is 9.10. The molecule has 0 spiro atoms. The van der Waals surface area contributed by atoms with E-state index in [-0.39, 0.29) is 33.7 Å². The highest BCUT2D eigenvalue weighted by molar-refractivity contribution is 9.10. The van der Waals surface area contributed by atoms with Gasteiger partial charge in [-0.1, -0.05) is 35.9 Å². The molecule has 2 N–H and O–H groups in total. The highest BCUT2D eigenvalue weighted by Crippen LogP contribution is 2.35. The molecule has 0 atom stereocenters. The minimum atomic E-state index is -3.87. The third-order valence-electron chi connectivity index (χ3n) is 4.39. The molecule has 1 amide bonds. The van der Waals surface area contributed by atoms with Gasteiger partial charge in [0.15, 0.2) is 0 Å². The fourth-order valence-electron chi connectivity index (χ4n) is 2.86. The molecular formula is C22H21BrN2O4S. The van der Waals surface area contributed by atoms with Gasteiger partial charge in [0.05, 0.1) is 29.9 Å². The van der Waals surface area contributed by atoms with Crippen LogP contribution in [0.1, 0.15) is 5.56 Å². The fourth-order valence-corrected chi connectivity index (χ4v) is 4.82. The molecular weight excluding hydrogens is 468 g/mol. The summed E-state index contributed by atoms with van der Waals surface area (Å²) in [7, 11) is -2.46. The third-order valence-corrected chi connectivity index (χ3v) is 6.93. The van der Waals surface area contributed by atoms with Gasteiger partial charge in [-0.25, -0.2) is 8.42 Å². The molecule has 0 saturated heterocycles. The molecule has 0 fully saturated rings. The molecule has 6 nitrogen and oxygen atoms in total. The lowest BCUT2D eigenvalue weighted by molar-refractivity contribution is -0.114. The maximum Gasteiger partial charge on any atom is 0.243 e. The molecule has 0 heterocycles. The van der Waals surface area contributed by atoms with Crippen LogP contribution in [0, 0.1) is 6.92 Å². The summed E-state index contributed by atoms with van der Waals surface area (Å²) < 4.78 is 32.7. The first-order valence-corrected chi connectivity index (χ1v) is 11.4. The molecule has 8 heteroatoms. The van der Waals surface area contributed by atoms with Crippen molar-refractivity contribution in [2.24, 2.45) is 0 Å². The SMILES string of the molecule is COc1cccc(NCC(=O)Nc2ccccc2Br)c1S(=O)(=O)c1ccc(C)cc1. The first kappa shape index (κ1) is 21.9. The van der Waals surface area contributed by atoms with Gasteiger partial charge in [0.2, 0.25) is 15.7 Å². The number of carbonyl (C=O) groups excluding carboxylic acids is 1. The quantitative estimate of drug-likeness (QED) is 0.505. The van der Waals surface area contributed by atoms with Crippen molar-refractivity contribution in [3.8, 4) is 5.75 Å². The molecule has 3 rings (SSSR count). The average Bonchev–Trinajstić information content (AvgIpc) is 2.73. The van der Waals surface area contributed by atoms with Gasteiger partial charge in [-0.05, 0) is 59.3 Å². The van der Waals surface area contributed by atoms with Crippen molar-refractivity contribution in [2.45, 2.75) is 16.7 Å². The molecule has 156 valence electrons. The summed E-state index contributed by atoms with van der Waals surface area (Å²) in [6, 6.07) is 18.7. The summed E-state index contributed by atoms with van der Waals surface area (Å²) in [4.78, 5) is 12.5. The third kappa shape index (κ3) is 4.83. The van der Waals surface area contributed by atoms with E-state index < -0.39 is 9.84 Å². The van der Waals surface area contributed by atoms with Crippen LogP contribution in [0.15, 0.2) is 81.0 Å². The predicted octanol–water partition coefficient (Wildman–Crippen LogP) is 4.65. The number of para-hydroxylation sites is 1. The largest absolute Gasteiger partial charge is 0.495 e. The second kappa shape index (κ2) is 9.32. The van der Waals surface area contributed by atoms with Gasteiger partial charge in [-0.3, -0.25) is 4.79 Å². The van der Waals surface area contributed by atoms with Crippen molar-refractivity contribution in [3.63, 3.8) is 0 Å². The number of ether oxygens (including phenoxy) is 1. The predicted molar refractivity (Wildman–Crippen MR) is 121 cm³/mol. The number of aryl methyl sites for hydroxylation is 1. The van der Waals surface area contributed by atoms with E-state index in [1.807, 2.05) is 25.1 Å². The molecule has 0 bridgehead atoms. The lowest BCUT2D eigenvalue weighted by atomic mass is 10.2. The second-order valence-corrected chi connectivity index (χ2v) is 9.28. The van der Waals surface area contributed by atoms with E-state index in [4.69, 9.17) is 4.74 Å². The lowest BCUT2D eigenvalue weighted by Crippen LogP contribution is -2.23. The van der Waals surface area contributed by atoms with Gasteiger partial charge in [0, 0.05) is 4.47 Å². The van der Waals surface area contributed by atoms with Crippen molar-refractivity contribution >= 4 is 43.0 Å². The number of halogens is 1.